The number of likely N-dealkylation sites (tertiary alicyclic amines) is 1. The highest BCUT2D eigenvalue weighted by atomic mass is 16.5. The fourth-order valence-electron chi connectivity index (χ4n) is 5.98. The van der Waals surface area contributed by atoms with Crippen LogP contribution in [0, 0.1) is 29.6 Å². The maximum absolute atomic E-state index is 11.4. The number of H-pyrrole nitrogens is 1. The molecule has 3 aromatic rings. The molecule has 2 aliphatic rings. The Morgan fingerprint density at radius 1 is 1.27 bits per heavy atom. The van der Waals surface area contributed by atoms with Crippen molar-refractivity contribution < 1.29 is 14.6 Å². The summed E-state index contributed by atoms with van der Waals surface area (Å²) in [6.45, 7) is 3.78. The monoisotopic (exact) mass is 443 g/mol. The number of carbonyl (C=O) groups is 1. The highest BCUT2D eigenvalue weighted by Gasteiger charge is 2.49. The van der Waals surface area contributed by atoms with Crippen molar-refractivity contribution in [3.05, 3.63) is 64.8 Å². The number of aromatic amines is 1. The third-order valence-corrected chi connectivity index (χ3v) is 7.77. The molecule has 1 saturated heterocycles. The van der Waals surface area contributed by atoms with E-state index in [0.717, 1.165) is 61.2 Å². The van der Waals surface area contributed by atoms with Crippen LogP contribution in [0.4, 0.5) is 0 Å². The van der Waals surface area contributed by atoms with E-state index in [2.05, 4.69) is 35.0 Å². The maximum Gasteiger partial charge on any atom is 0.335 e. The number of benzene rings is 2. The summed E-state index contributed by atoms with van der Waals surface area (Å²) in [5, 5.41) is 19.8. The Hall–Kier alpha value is -3.30. The van der Waals surface area contributed by atoms with Crippen molar-refractivity contribution in [3.8, 4) is 11.8 Å². The van der Waals surface area contributed by atoms with Crippen molar-refractivity contribution in [1.29, 1.82) is 5.26 Å². The van der Waals surface area contributed by atoms with Crippen LogP contribution in [0.15, 0.2) is 42.6 Å². The van der Waals surface area contributed by atoms with E-state index in [9.17, 15) is 15.2 Å². The number of carboxylic acids is 1. The van der Waals surface area contributed by atoms with Gasteiger partial charge in [0.2, 0.25) is 0 Å². The molecule has 170 valence electrons. The van der Waals surface area contributed by atoms with Gasteiger partial charge in [-0.05, 0) is 80.0 Å². The number of aromatic nitrogens is 1. The SMILES string of the molecule is COc1cc(C)c2[nH]ccc2c1CN1CCC2(CC(C#N)C2)CC1c1ccc(C(=O)O)cc1. The molecule has 33 heavy (non-hydrogen) atoms. The number of rotatable bonds is 5. The summed E-state index contributed by atoms with van der Waals surface area (Å²) < 4.78 is 5.79. The van der Waals surface area contributed by atoms with Gasteiger partial charge in [0, 0.05) is 41.2 Å². The van der Waals surface area contributed by atoms with Gasteiger partial charge in [-0.15, -0.1) is 0 Å². The van der Waals surface area contributed by atoms with E-state index in [4.69, 9.17) is 4.74 Å². The largest absolute Gasteiger partial charge is 0.496 e. The van der Waals surface area contributed by atoms with Crippen LogP contribution in [0.25, 0.3) is 10.9 Å². The second-order valence-corrected chi connectivity index (χ2v) is 9.74. The fraction of sp³-hybridized carbons (Fsp3) is 0.407. The number of hydrogen-bond acceptors (Lipinski definition) is 4. The van der Waals surface area contributed by atoms with E-state index in [1.54, 1.807) is 19.2 Å². The van der Waals surface area contributed by atoms with Crippen LogP contribution in [-0.2, 0) is 6.54 Å². The molecule has 2 fully saturated rings. The van der Waals surface area contributed by atoms with E-state index in [1.165, 1.54) is 10.9 Å². The quantitative estimate of drug-likeness (QED) is 0.548. The third kappa shape index (κ3) is 3.77. The molecule has 0 bridgehead atoms. The van der Waals surface area contributed by atoms with Gasteiger partial charge in [0.05, 0.1) is 18.7 Å². The summed E-state index contributed by atoms with van der Waals surface area (Å²) in [6, 6.07) is 14.1. The first kappa shape index (κ1) is 21.5. The zero-order chi connectivity index (χ0) is 23.2. The molecule has 1 atom stereocenters. The van der Waals surface area contributed by atoms with Crippen molar-refractivity contribution >= 4 is 16.9 Å². The fourth-order valence-corrected chi connectivity index (χ4v) is 5.98. The minimum atomic E-state index is -0.909. The molecular formula is C27H29N3O3. The molecule has 1 aliphatic heterocycles. The molecule has 0 amide bonds. The average molecular weight is 444 g/mol. The molecule has 6 heteroatoms. The minimum absolute atomic E-state index is 0.168. The van der Waals surface area contributed by atoms with Crippen LogP contribution in [0.3, 0.4) is 0 Å². The van der Waals surface area contributed by atoms with Gasteiger partial charge in [-0.25, -0.2) is 4.79 Å². The normalized spacial score (nSPS) is 25.0. The number of hydrogen-bond donors (Lipinski definition) is 2. The van der Waals surface area contributed by atoms with Gasteiger partial charge in [-0.1, -0.05) is 12.1 Å². The summed E-state index contributed by atoms with van der Waals surface area (Å²) in [5.74, 6) is 0.157. The molecule has 1 saturated carbocycles. The molecule has 2 N–H and O–H groups in total. The van der Waals surface area contributed by atoms with Crippen LogP contribution in [0.1, 0.15) is 58.8 Å². The van der Waals surface area contributed by atoms with Gasteiger partial charge >= 0.3 is 5.97 Å². The number of carboxylic acid groups (broad SMARTS) is 1. The first-order valence-corrected chi connectivity index (χ1v) is 11.5. The standard InChI is InChI=1S/C27H29N3O3/c1-17-11-24(33-2)22(21-7-9-29-25(17)21)16-30-10-8-27(12-18(13-27)15-28)14-23(30)19-3-5-20(6-4-19)26(31)32/h3-7,9,11,18,23,29H,8,10,12-14,16H2,1-2H3,(H,31,32). The smallest absolute Gasteiger partial charge is 0.335 e. The van der Waals surface area contributed by atoms with Crippen molar-refractivity contribution in [1.82, 2.24) is 9.88 Å². The molecule has 1 unspecified atom stereocenters. The number of fused-ring (bicyclic) bond motifs is 1. The van der Waals surface area contributed by atoms with E-state index >= 15 is 0 Å². The Kier molecular flexibility index (Phi) is 5.38. The minimum Gasteiger partial charge on any atom is -0.496 e. The molecule has 0 radical (unpaired) electrons. The second kappa shape index (κ2) is 8.24. The van der Waals surface area contributed by atoms with E-state index in [1.807, 2.05) is 18.3 Å². The summed E-state index contributed by atoms with van der Waals surface area (Å²) >= 11 is 0. The molecule has 1 aliphatic carbocycles. The lowest BCUT2D eigenvalue weighted by molar-refractivity contribution is -0.0298. The Bertz CT molecular complexity index is 1230. The van der Waals surface area contributed by atoms with Gasteiger partial charge in [-0.3, -0.25) is 4.90 Å². The Balaban J connectivity index is 1.50. The van der Waals surface area contributed by atoms with E-state index < -0.39 is 5.97 Å². The highest BCUT2D eigenvalue weighted by Crippen LogP contribution is 2.56. The zero-order valence-corrected chi connectivity index (χ0v) is 19.1. The van der Waals surface area contributed by atoms with Crippen LogP contribution in [0.5, 0.6) is 5.75 Å². The molecular weight excluding hydrogens is 414 g/mol. The van der Waals surface area contributed by atoms with Crippen molar-refractivity contribution in [2.24, 2.45) is 11.3 Å². The number of aromatic carboxylic acids is 1. The van der Waals surface area contributed by atoms with Gasteiger partial charge < -0.3 is 14.8 Å². The number of piperidine rings is 1. The molecule has 5 rings (SSSR count). The van der Waals surface area contributed by atoms with Gasteiger partial charge in [-0.2, -0.15) is 5.26 Å². The molecule has 2 aromatic carbocycles. The molecule has 2 heterocycles. The predicted octanol–water partition coefficient (Wildman–Crippen LogP) is 5.44. The van der Waals surface area contributed by atoms with Crippen molar-refractivity contribution in [3.63, 3.8) is 0 Å². The van der Waals surface area contributed by atoms with Gasteiger partial charge in [0.15, 0.2) is 0 Å². The van der Waals surface area contributed by atoms with Crippen molar-refractivity contribution in [2.45, 2.75) is 45.2 Å². The average Bonchev–Trinajstić information content (AvgIpc) is 3.30. The first-order valence-electron chi connectivity index (χ1n) is 11.5. The van der Waals surface area contributed by atoms with E-state index in [0.29, 0.717) is 5.56 Å². The number of nitrogens with one attached hydrogen (secondary N) is 1. The third-order valence-electron chi connectivity index (χ3n) is 7.77. The van der Waals surface area contributed by atoms with Gasteiger partial charge in [0.25, 0.3) is 0 Å². The number of nitriles is 1. The zero-order valence-electron chi connectivity index (χ0n) is 19.1. The molecule has 1 aromatic heterocycles. The number of ether oxygens (including phenoxy) is 1. The van der Waals surface area contributed by atoms with Crippen LogP contribution in [-0.4, -0.2) is 34.6 Å². The lowest BCUT2D eigenvalue weighted by Gasteiger charge is -2.53. The Morgan fingerprint density at radius 2 is 2.03 bits per heavy atom. The second-order valence-electron chi connectivity index (χ2n) is 9.74. The van der Waals surface area contributed by atoms with Gasteiger partial charge in [0.1, 0.15) is 5.75 Å². The summed E-state index contributed by atoms with van der Waals surface area (Å²) in [4.78, 5) is 17.2. The first-order chi connectivity index (χ1) is 15.9. The summed E-state index contributed by atoms with van der Waals surface area (Å²) in [7, 11) is 1.72. The number of nitrogens with zero attached hydrogens (tertiary/aromatic N) is 2. The van der Waals surface area contributed by atoms with E-state index in [-0.39, 0.29) is 17.4 Å². The summed E-state index contributed by atoms with van der Waals surface area (Å²) in [6.07, 6.45) is 5.99. The Morgan fingerprint density at radius 3 is 2.70 bits per heavy atom. The molecule has 6 nitrogen and oxygen atoms in total. The van der Waals surface area contributed by atoms with Crippen LogP contribution >= 0.6 is 0 Å². The topological polar surface area (TPSA) is 89.4 Å². The van der Waals surface area contributed by atoms with Crippen molar-refractivity contribution in [2.75, 3.05) is 13.7 Å². The van der Waals surface area contributed by atoms with Crippen LogP contribution < -0.4 is 4.74 Å². The highest BCUT2D eigenvalue weighted by molar-refractivity contribution is 5.88. The lowest BCUT2D eigenvalue weighted by Crippen LogP contribution is -2.48. The number of methoxy groups -OCH3 is 1. The van der Waals surface area contributed by atoms with Crippen LogP contribution in [0.2, 0.25) is 0 Å². The predicted molar refractivity (Wildman–Crippen MR) is 126 cm³/mol. The molecule has 1 spiro atoms. The summed E-state index contributed by atoms with van der Waals surface area (Å²) in [5.41, 5.74) is 5.12. The lowest BCUT2D eigenvalue weighted by atomic mass is 9.56. The Labute approximate surface area is 193 Å². The number of aryl methyl sites for hydroxylation is 1. The maximum atomic E-state index is 11.4.